The second-order valence-electron chi connectivity index (χ2n) is 3.16. The van der Waals surface area contributed by atoms with E-state index in [1.54, 1.807) is 5.37 Å². The highest BCUT2D eigenvalue weighted by Crippen LogP contribution is 2.33. The van der Waals surface area contributed by atoms with Gasteiger partial charge in [-0.25, -0.2) is 0 Å². The highest BCUT2D eigenvalue weighted by molar-refractivity contribution is 8.02. The quantitative estimate of drug-likeness (QED) is 0.610. The van der Waals surface area contributed by atoms with Crippen molar-refractivity contribution in [3.8, 4) is 0 Å². The maximum Gasteiger partial charge on any atom is 0.0956 e. The van der Waals surface area contributed by atoms with Crippen LogP contribution in [-0.4, -0.2) is 25.4 Å². The zero-order valence-electron chi connectivity index (χ0n) is 6.73. The molecule has 2 heterocycles. The van der Waals surface area contributed by atoms with E-state index in [0.717, 1.165) is 5.92 Å². The van der Waals surface area contributed by atoms with Crippen LogP contribution in [0.5, 0.6) is 0 Å². The Hall–Kier alpha value is 0.270. The lowest BCUT2D eigenvalue weighted by Gasteiger charge is -2.26. The molecule has 0 aromatic rings. The molecule has 2 rings (SSSR count). The van der Waals surface area contributed by atoms with E-state index in [1.165, 1.54) is 38.2 Å². The second kappa shape index (κ2) is 3.78. The van der Waals surface area contributed by atoms with Crippen molar-refractivity contribution in [2.75, 3.05) is 25.4 Å². The molecule has 2 nitrogen and oxygen atoms in total. The van der Waals surface area contributed by atoms with E-state index in [9.17, 15) is 0 Å². The lowest BCUT2D eigenvalue weighted by atomic mass is 9.98. The summed E-state index contributed by atoms with van der Waals surface area (Å²) in [6.07, 6.45) is 2.66. The van der Waals surface area contributed by atoms with Crippen LogP contribution in [0.4, 0.5) is 0 Å². The maximum absolute atomic E-state index is 3.48. The first-order valence-electron chi connectivity index (χ1n) is 4.41. The molecule has 1 radical (unpaired) electrons. The third-order valence-corrected chi connectivity index (χ3v) is 3.57. The van der Waals surface area contributed by atoms with Gasteiger partial charge in [-0.05, 0) is 31.8 Å². The summed E-state index contributed by atoms with van der Waals surface area (Å²) in [6.45, 7) is 3.59. The van der Waals surface area contributed by atoms with Gasteiger partial charge in [-0.1, -0.05) is 0 Å². The Morgan fingerprint density at radius 1 is 1.18 bits per heavy atom. The monoisotopic (exact) mass is 171 g/mol. The molecule has 2 saturated heterocycles. The first-order chi connectivity index (χ1) is 5.47. The third-order valence-electron chi connectivity index (χ3n) is 2.37. The van der Waals surface area contributed by atoms with Crippen molar-refractivity contribution in [1.82, 2.24) is 10.6 Å². The van der Waals surface area contributed by atoms with Crippen molar-refractivity contribution in [1.29, 1.82) is 0 Å². The van der Waals surface area contributed by atoms with Gasteiger partial charge in [0.1, 0.15) is 0 Å². The van der Waals surface area contributed by atoms with Gasteiger partial charge >= 0.3 is 0 Å². The molecule has 3 heteroatoms. The van der Waals surface area contributed by atoms with Gasteiger partial charge in [0.15, 0.2) is 0 Å². The van der Waals surface area contributed by atoms with Gasteiger partial charge in [-0.3, -0.25) is 5.32 Å². The lowest BCUT2D eigenvalue weighted by molar-refractivity contribution is 0.392. The van der Waals surface area contributed by atoms with Crippen LogP contribution in [0.15, 0.2) is 0 Å². The van der Waals surface area contributed by atoms with Crippen LogP contribution in [-0.2, 0) is 0 Å². The zero-order valence-corrected chi connectivity index (χ0v) is 7.54. The molecule has 2 N–H and O–H groups in total. The van der Waals surface area contributed by atoms with Crippen LogP contribution in [0.25, 0.3) is 0 Å². The predicted molar refractivity (Wildman–Crippen MR) is 49.3 cm³/mol. The highest BCUT2D eigenvalue weighted by Gasteiger charge is 2.26. The maximum atomic E-state index is 3.48. The summed E-state index contributed by atoms with van der Waals surface area (Å²) in [5.74, 6) is 2.13. The molecule has 0 amide bonds. The fourth-order valence-electron chi connectivity index (χ4n) is 1.73. The van der Waals surface area contributed by atoms with Crippen LogP contribution in [0.3, 0.4) is 0 Å². The van der Waals surface area contributed by atoms with E-state index in [2.05, 4.69) is 10.6 Å². The Morgan fingerprint density at radius 2 is 2.00 bits per heavy atom. The van der Waals surface area contributed by atoms with Crippen molar-refractivity contribution in [3.63, 3.8) is 0 Å². The van der Waals surface area contributed by atoms with E-state index < -0.39 is 0 Å². The van der Waals surface area contributed by atoms with Crippen LogP contribution in [0, 0.1) is 11.3 Å². The largest absolute Gasteiger partial charge is 0.317 e. The molecule has 0 aliphatic carbocycles. The van der Waals surface area contributed by atoms with E-state index in [1.807, 2.05) is 11.8 Å². The molecular formula is C8H15N2S. The third kappa shape index (κ3) is 1.89. The van der Waals surface area contributed by atoms with Crippen LogP contribution in [0.2, 0.25) is 0 Å². The number of hydrogen-bond donors (Lipinski definition) is 2. The first kappa shape index (κ1) is 7.90. The molecule has 0 aromatic heterocycles. The van der Waals surface area contributed by atoms with Crippen LogP contribution in [0.1, 0.15) is 12.8 Å². The fraction of sp³-hybridized carbons (Fsp3) is 0.875. The topological polar surface area (TPSA) is 24.1 Å². The minimum atomic E-state index is 0.851. The number of thioether (sulfide) groups is 1. The first-order valence-corrected chi connectivity index (χ1v) is 5.39. The Labute approximate surface area is 72.5 Å². The van der Waals surface area contributed by atoms with E-state index in [-0.39, 0.29) is 0 Å². The zero-order chi connectivity index (χ0) is 7.52. The Morgan fingerprint density at radius 3 is 2.64 bits per heavy atom. The van der Waals surface area contributed by atoms with Gasteiger partial charge in [-0.15, -0.1) is 11.8 Å². The number of hydrogen-bond acceptors (Lipinski definition) is 3. The van der Waals surface area contributed by atoms with Crippen molar-refractivity contribution < 1.29 is 0 Å². The average molecular weight is 171 g/mol. The molecule has 0 aromatic carbocycles. The normalized spacial score (nSPS) is 29.5. The average Bonchev–Trinajstić information content (AvgIpc) is 2.58. The van der Waals surface area contributed by atoms with Gasteiger partial charge in [0, 0.05) is 12.3 Å². The van der Waals surface area contributed by atoms with Crippen LogP contribution >= 0.6 is 11.8 Å². The minimum absolute atomic E-state index is 0.851. The molecule has 2 aliphatic rings. The summed E-state index contributed by atoms with van der Waals surface area (Å²) < 4.78 is 0. The predicted octanol–water partition coefficient (Wildman–Crippen LogP) is 0.812. The smallest absolute Gasteiger partial charge is 0.0956 e. The van der Waals surface area contributed by atoms with Crippen molar-refractivity contribution in [3.05, 3.63) is 5.37 Å². The number of rotatable bonds is 1. The summed E-state index contributed by atoms with van der Waals surface area (Å²) in [4.78, 5) is 0. The molecular weight excluding hydrogens is 156 g/mol. The summed E-state index contributed by atoms with van der Waals surface area (Å²) in [5.41, 5.74) is 0. The van der Waals surface area contributed by atoms with Gasteiger partial charge in [-0.2, -0.15) is 0 Å². The number of nitrogens with one attached hydrogen (secondary N) is 2. The van der Waals surface area contributed by atoms with Crippen molar-refractivity contribution in [2.24, 2.45) is 5.92 Å². The van der Waals surface area contributed by atoms with Crippen molar-refractivity contribution >= 4 is 11.8 Å². The molecule has 0 atom stereocenters. The molecule has 63 valence electrons. The highest BCUT2D eigenvalue weighted by atomic mass is 32.2. The minimum Gasteiger partial charge on any atom is -0.317 e. The standard InChI is InChI=1S/C8H15N2S/c1-3-9-4-2-7(1)8-10-5-6-11-8/h7,9-10H,1-6H2. The fourth-order valence-corrected chi connectivity index (χ4v) is 2.83. The van der Waals surface area contributed by atoms with Gasteiger partial charge < -0.3 is 5.32 Å². The summed E-state index contributed by atoms with van der Waals surface area (Å²) in [6, 6.07) is 0. The lowest BCUT2D eigenvalue weighted by Crippen LogP contribution is -2.33. The van der Waals surface area contributed by atoms with Gasteiger partial charge in [0.05, 0.1) is 5.37 Å². The van der Waals surface area contributed by atoms with E-state index in [0.29, 0.717) is 0 Å². The van der Waals surface area contributed by atoms with Gasteiger partial charge in [0.25, 0.3) is 0 Å². The number of piperidine rings is 1. The summed E-state index contributed by atoms with van der Waals surface area (Å²) in [5, 5.41) is 8.43. The summed E-state index contributed by atoms with van der Waals surface area (Å²) in [7, 11) is 0. The van der Waals surface area contributed by atoms with Gasteiger partial charge in [0.2, 0.25) is 0 Å². The molecule has 2 fully saturated rings. The Bertz CT molecular complexity index is 117. The van der Waals surface area contributed by atoms with E-state index >= 15 is 0 Å². The molecule has 0 spiro atoms. The Balaban J connectivity index is 1.82. The second-order valence-corrected chi connectivity index (χ2v) is 4.30. The van der Waals surface area contributed by atoms with Crippen LogP contribution < -0.4 is 10.6 Å². The van der Waals surface area contributed by atoms with Crippen molar-refractivity contribution in [2.45, 2.75) is 12.8 Å². The van der Waals surface area contributed by atoms with E-state index in [4.69, 9.17) is 0 Å². The molecule has 0 unspecified atom stereocenters. The summed E-state index contributed by atoms with van der Waals surface area (Å²) >= 11 is 2.03. The molecule has 11 heavy (non-hydrogen) atoms. The molecule has 2 aliphatic heterocycles. The Kier molecular flexibility index (Phi) is 2.72. The SMILES string of the molecule is C1CC([C]2NCCS2)CCN1. The molecule has 0 saturated carbocycles. The molecule has 0 bridgehead atoms.